The number of ether oxygens (including phenoxy) is 1. The molecule has 2 aliphatic rings. The zero-order valence-electron chi connectivity index (χ0n) is 16.1. The van der Waals surface area contributed by atoms with Gasteiger partial charge in [0, 0.05) is 17.0 Å². The molecule has 0 amide bonds. The summed E-state index contributed by atoms with van der Waals surface area (Å²) in [6.07, 6.45) is 4.70. The van der Waals surface area contributed by atoms with Crippen LogP contribution in [0.3, 0.4) is 0 Å². The average Bonchev–Trinajstić information content (AvgIpc) is 3.01. The molecule has 1 heterocycles. The fraction of sp³-hybridized carbons (Fsp3) is 0.150. The lowest BCUT2D eigenvalue weighted by atomic mass is 9.74. The van der Waals surface area contributed by atoms with Gasteiger partial charge in [0.1, 0.15) is 13.6 Å². The molecule has 4 rings (SSSR count). The van der Waals surface area contributed by atoms with Crippen molar-refractivity contribution in [3.63, 3.8) is 0 Å². The summed E-state index contributed by atoms with van der Waals surface area (Å²) in [7, 11) is -10.5. The molecule has 1 aliphatic heterocycles. The third-order valence-electron chi connectivity index (χ3n) is 5.04. The summed E-state index contributed by atoms with van der Waals surface area (Å²) >= 11 is 0. The third-order valence-corrected chi connectivity index (χ3v) is 5.97. The van der Waals surface area contributed by atoms with Crippen LogP contribution in [0.25, 0.3) is 0 Å². The number of fused-ring (bicyclic) bond motifs is 1. The lowest BCUT2D eigenvalue weighted by Crippen LogP contribution is -2.36. The first-order valence-electron chi connectivity index (χ1n) is 9.20. The maximum atomic E-state index is 12.6. The topological polar surface area (TPSA) is 171 Å². The number of hydrogen-bond donors (Lipinski definition) is 0. The summed E-state index contributed by atoms with van der Waals surface area (Å²) in [5.41, 5.74) is -0.109. The molecule has 0 aromatic heterocycles. The normalized spacial score (nSPS) is 24.8. The van der Waals surface area contributed by atoms with Crippen LogP contribution in [0, 0.1) is 5.92 Å². The van der Waals surface area contributed by atoms with Crippen LogP contribution in [0.4, 0.5) is 0 Å². The van der Waals surface area contributed by atoms with E-state index in [2.05, 4.69) is 9.05 Å². The number of benzene rings is 2. The van der Waals surface area contributed by atoms with E-state index in [1.807, 2.05) is 0 Å². The van der Waals surface area contributed by atoms with Gasteiger partial charge < -0.3 is 42.5 Å². The van der Waals surface area contributed by atoms with Gasteiger partial charge in [0.2, 0.25) is 0 Å². The van der Waals surface area contributed by atoms with E-state index >= 15 is 0 Å². The highest BCUT2D eigenvalue weighted by Gasteiger charge is 2.51. The van der Waals surface area contributed by atoms with Crippen LogP contribution in [0.5, 0.6) is 5.75 Å². The SMILES string of the molecule is O=C1OC(c2ccc(OP(=O)([O-])[O-])cc2)(C2C=CC(OP(=O)([O-])[O-])C=C2)c2ccccc21. The highest BCUT2D eigenvalue weighted by molar-refractivity contribution is 7.43. The molecule has 0 fully saturated rings. The van der Waals surface area contributed by atoms with Crippen LogP contribution < -0.4 is 24.1 Å². The van der Waals surface area contributed by atoms with Crippen molar-refractivity contribution in [2.45, 2.75) is 11.7 Å². The van der Waals surface area contributed by atoms with Gasteiger partial charge in [0.15, 0.2) is 5.60 Å². The lowest BCUT2D eigenvalue weighted by Gasteiger charge is -2.37. The first-order chi connectivity index (χ1) is 15.0. The molecule has 12 heteroatoms. The average molecular weight is 476 g/mol. The summed E-state index contributed by atoms with van der Waals surface area (Å²) < 4.78 is 36.4. The Bertz CT molecular complexity index is 1180. The zero-order valence-corrected chi connectivity index (χ0v) is 17.8. The lowest BCUT2D eigenvalue weighted by molar-refractivity contribution is -0.343. The first-order valence-corrected chi connectivity index (χ1v) is 12.1. The molecule has 2 aromatic rings. The fourth-order valence-corrected chi connectivity index (χ4v) is 4.68. The van der Waals surface area contributed by atoms with Gasteiger partial charge in [-0.05, 0) is 18.2 Å². The maximum Gasteiger partial charge on any atom is 0.339 e. The van der Waals surface area contributed by atoms with Crippen molar-refractivity contribution in [3.05, 3.63) is 89.5 Å². The van der Waals surface area contributed by atoms with Gasteiger partial charge in [0.05, 0.1) is 19.5 Å². The molecule has 0 spiro atoms. The monoisotopic (exact) mass is 476 g/mol. The van der Waals surface area contributed by atoms with Crippen LogP contribution in [0.1, 0.15) is 21.5 Å². The van der Waals surface area contributed by atoms with Gasteiger partial charge in [0.25, 0.3) is 0 Å². The van der Waals surface area contributed by atoms with Gasteiger partial charge >= 0.3 is 5.97 Å². The molecule has 10 nitrogen and oxygen atoms in total. The molecule has 0 N–H and O–H groups in total. The smallest absolute Gasteiger partial charge is 0.339 e. The summed E-state index contributed by atoms with van der Waals surface area (Å²) in [4.78, 5) is 56.2. The number of rotatable bonds is 6. The number of carbonyl (C=O) groups is 1. The van der Waals surface area contributed by atoms with Crippen molar-refractivity contribution >= 4 is 21.6 Å². The Kier molecular flexibility index (Phi) is 5.73. The predicted molar refractivity (Wildman–Crippen MR) is 102 cm³/mol. The highest BCUT2D eigenvalue weighted by Crippen LogP contribution is 2.49. The Labute approximate surface area is 182 Å². The molecule has 0 radical (unpaired) electrons. The highest BCUT2D eigenvalue weighted by atomic mass is 31.2. The number of phosphoric ester groups is 2. The molecule has 1 aliphatic carbocycles. The van der Waals surface area contributed by atoms with E-state index < -0.39 is 39.2 Å². The van der Waals surface area contributed by atoms with Crippen molar-refractivity contribution in [2.75, 3.05) is 0 Å². The largest absolute Gasteiger partial charge is 0.790 e. The third kappa shape index (κ3) is 4.48. The summed E-state index contributed by atoms with van der Waals surface area (Å²) in [5.74, 6) is -1.43. The van der Waals surface area contributed by atoms with E-state index in [-0.39, 0.29) is 5.75 Å². The molecule has 32 heavy (non-hydrogen) atoms. The van der Waals surface area contributed by atoms with E-state index in [0.29, 0.717) is 16.7 Å². The molecule has 0 saturated heterocycles. The van der Waals surface area contributed by atoms with Crippen LogP contribution >= 0.6 is 15.6 Å². The van der Waals surface area contributed by atoms with E-state index in [1.54, 1.807) is 36.4 Å². The van der Waals surface area contributed by atoms with Crippen LogP contribution in [-0.4, -0.2) is 12.1 Å². The van der Waals surface area contributed by atoms with Gasteiger partial charge in [-0.3, -0.25) is 0 Å². The Morgan fingerprint density at radius 3 is 2.06 bits per heavy atom. The Hall–Kier alpha value is -2.55. The zero-order chi connectivity index (χ0) is 23.1. The summed E-state index contributed by atoms with van der Waals surface area (Å²) in [6.45, 7) is 0. The standard InChI is InChI=1S/C20H18O10P2/c21-19-17-3-1-2-4-18(17)20(28-19,13-5-9-15(10-6-13)29-31(22,23)24)14-7-11-16(12-8-14)30-32(25,26)27/h1-13,15H,(H2,22,23,24)(H2,25,26,27)/p-4. The Morgan fingerprint density at radius 2 is 1.47 bits per heavy atom. The van der Waals surface area contributed by atoms with Crippen molar-refractivity contribution in [3.8, 4) is 5.75 Å². The molecule has 2 aromatic carbocycles. The molecule has 1 atom stereocenters. The van der Waals surface area contributed by atoms with Crippen molar-refractivity contribution in [2.24, 2.45) is 5.92 Å². The van der Waals surface area contributed by atoms with Crippen LogP contribution in [0.2, 0.25) is 0 Å². The number of esters is 1. The second kappa shape index (κ2) is 8.10. The van der Waals surface area contributed by atoms with E-state index in [0.717, 1.165) is 0 Å². The number of carbonyl (C=O) groups excluding carboxylic acids is 1. The van der Waals surface area contributed by atoms with E-state index in [1.165, 1.54) is 36.4 Å². The minimum Gasteiger partial charge on any atom is -0.790 e. The fourth-order valence-electron chi connectivity index (χ4n) is 3.87. The van der Waals surface area contributed by atoms with Gasteiger partial charge in [-0.2, -0.15) is 0 Å². The molecule has 0 saturated carbocycles. The second-order valence-corrected chi connectivity index (χ2v) is 9.23. The Balaban J connectivity index is 1.77. The van der Waals surface area contributed by atoms with Crippen LogP contribution in [-0.2, 0) is 24.0 Å². The second-order valence-electron chi connectivity index (χ2n) is 7.05. The molecule has 1 unspecified atom stereocenters. The number of phosphoric acid groups is 2. The molecular formula is C20H14O10P2-4. The minimum atomic E-state index is -5.25. The van der Waals surface area contributed by atoms with Crippen molar-refractivity contribution in [1.82, 2.24) is 0 Å². The van der Waals surface area contributed by atoms with E-state index in [9.17, 15) is 33.5 Å². The minimum absolute atomic E-state index is 0.209. The Morgan fingerprint density at radius 1 is 0.844 bits per heavy atom. The van der Waals surface area contributed by atoms with Crippen molar-refractivity contribution in [1.29, 1.82) is 0 Å². The molecular weight excluding hydrogens is 462 g/mol. The number of hydrogen-bond acceptors (Lipinski definition) is 10. The summed E-state index contributed by atoms with van der Waals surface area (Å²) in [5, 5.41) is 0. The van der Waals surface area contributed by atoms with Crippen LogP contribution in [0.15, 0.2) is 72.8 Å². The van der Waals surface area contributed by atoms with Gasteiger partial charge in [-0.25, -0.2) is 4.79 Å². The van der Waals surface area contributed by atoms with Gasteiger partial charge in [-0.1, -0.05) is 54.6 Å². The maximum absolute atomic E-state index is 12.6. The predicted octanol–water partition coefficient (Wildman–Crippen LogP) is 0.264. The quantitative estimate of drug-likeness (QED) is 0.320. The first kappa shape index (κ1) is 22.6. The molecule has 0 bridgehead atoms. The summed E-state index contributed by atoms with van der Waals surface area (Å²) in [6, 6.07) is 12.1. The van der Waals surface area contributed by atoms with E-state index in [4.69, 9.17) is 4.74 Å². The van der Waals surface area contributed by atoms with Gasteiger partial charge in [-0.15, -0.1) is 0 Å². The number of cyclic esters (lactones) is 1. The molecule has 168 valence electrons. The van der Waals surface area contributed by atoms with Crippen molar-refractivity contribution < 1.29 is 47.3 Å².